The van der Waals surface area contributed by atoms with Gasteiger partial charge in [0.05, 0.1) is 21.7 Å². The normalized spacial score (nSPS) is 10.7. The molecular formula is C25H20ClFN4O5. The number of nitrogens with one attached hydrogen (secondary N) is 1. The smallest absolute Gasteiger partial charge is 0.276 e. The molecule has 1 amide bonds. The molecule has 0 unspecified atom stereocenters. The molecule has 0 atom stereocenters. The van der Waals surface area contributed by atoms with Crippen LogP contribution in [0, 0.1) is 29.8 Å². The number of nitro groups is 1. The monoisotopic (exact) mass is 510 g/mol. The summed E-state index contributed by atoms with van der Waals surface area (Å²) in [5.41, 5.74) is 1.80. The van der Waals surface area contributed by atoms with E-state index >= 15 is 0 Å². The van der Waals surface area contributed by atoms with Crippen LogP contribution in [0.2, 0.25) is 5.02 Å². The van der Waals surface area contributed by atoms with Gasteiger partial charge in [0.25, 0.3) is 11.6 Å². The molecule has 0 aliphatic heterocycles. The first-order valence-electron chi connectivity index (χ1n) is 10.7. The first-order valence-corrected chi connectivity index (χ1v) is 11.0. The summed E-state index contributed by atoms with van der Waals surface area (Å²) >= 11 is 5.74. The zero-order valence-corrected chi connectivity index (χ0v) is 20.0. The Morgan fingerprint density at radius 2 is 1.92 bits per heavy atom. The minimum absolute atomic E-state index is 0.0549. The second-order valence-corrected chi connectivity index (χ2v) is 8.29. The van der Waals surface area contributed by atoms with Gasteiger partial charge < -0.3 is 14.8 Å². The fourth-order valence-electron chi connectivity index (χ4n) is 3.22. The van der Waals surface area contributed by atoms with E-state index in [1.807, 2.05) is 32.0 Å². The number of halogens is 2. The lowest BCUT2D eigenvalue weighted by Crippen LogP contribution is -2.14. The molecule has 0 spiro atoms. The van der Waals surface area contributed by atoms with Crippen molar-refractivity contribution in [3.8, 4) is 17.2 Å². The van der Waals surface area contributed by atoms with Crippen LogP contribution < -0.4 is 14.8 Å². The van der Waals surface area contributed by atoms with E-state index in [0.29, 0.717) is 11.5 Å². The van der Waals surface area contributed by atoms with Crippen LogP contribution in [-0.4, -0.2) is 20.6 Å². The van der Waals surface area contributed by atoms with Crippen molar-refractivity contribution >= 4 is 28.9 Å². The average molecular weight is 511 g/mol. The van der Waals surface area contributed by atoms with Crippen molar-refractivity contribution in [2.75, 3.05) is 5.32 Å². The fourth-order valence-corrected chi connectivity index (χ4v) is 3.39. The predicted octanol–water partition coefficient (Wildman–Crippen LogP) is 6.28. The van der Waals surface area contributed by atoms with Crippen molar-refractivity contribution in [2.24, 2.45) is 0 Å². The van der Waals surface area contributed by atoms with E-state index in [9.17, 15) is 19.3 Å². The lowest BCUT2D eigenvalue weighted by molar-refractivity contribution is -0.384. The molecule has 4 aromatic rings. The van der Waals surface area contributed by atoms with Crippen LogP contribution in [0.5, 0.6) is 17.2 Å². The molecular weight excluding hydrogens is 491 g/mol. The Kier molecular flexibility index (Phi) is 7.16. The molecule has 36 heavy (non-hydrogen) atoms. The molecule has 184 valence electrons. The SMILES string of the molecule is Cc1ccc(C)c(Oc2cc(NC(=O)c3ccn(COc4ccc(F)c(Cl)c4)n3)cc([N+](=O)[O-])c2)c1. The van der Waals surface area contributed by atoms with Crippen molar-refractivity contribution in [3.05, 3.63) is 105 Å². The number of aromatic nitrogens is 2. The molecule has 1 heterocycles. The van der Waals surface area contributed by atoms with Gasteiger partial charge in [-0.15, -0.1) is 0 Å². The van der Waals surface area contributed by atoms with Crippen molar-refractivity contribution in [2.45, 2.75) is 20.6 Å². The molecule has 1 N–H and O–H groups in total. The van der Waals surface area contributed by atoms with Gasteiger partial charge in [0.15, 0.2) is 12.4 Å². The maximum absolute atomic E-state index is 13.3. The number of aryl methyl sites for hydroxylation is 2. The number of anilines is 1. The molecule has 0 fully saturated rings. The van der Waals surface area contributed by atoms with Crippen LogP contribution in [0.25, 0.3) is 0 Å². The summed E-state index contributed by atoms with van der Waals surface area (Å²) in [5.74, 6) is -0.0718. The third kappa shape index (κ3) is 5.97. The third-order valence-corrected chi connectivity index (χ3v) is 5.35. The van der Waals surface area contributed by atoms with Gasteiger partial charge in [0.1, 0.15) is 23.1 Å². The van der Waals surface area contributed by atoms with E-state index in [1.54, 1.807) is 0 Å². The van der Waals surface area contributed by atoms with Crippen LogP contribution in [0.15, 0.2) is 66.9 Å². The number of benzene rings is 3. The van der Waals surface area contributed by atoms with Crippen molar-refractivity contribution < 1.29 is 23.6 Å². The number of nitrogens with zero attached hydrogens (tertiary/aromatic N) is 3. The minimum Gasteiger partial charge on any atom is -0.471 e. The zero-order valence-electron chi connectivity index (χ0n) is 19.2. The second-order valence-electron chi connectivity index (χ2n) is 7.89. The first-order chi connectivity index (χ1) is 17.2. The molecule has 0 bridgehead atoms. The molecule has 4 rings (SSSR count). The number of non-ortho nitro benzene ring substituents is 1. The van der Waals surface area contributed by atoms with Crippen LogP contribution >= 0.6 is 11.6 Å². The van der Waals surface area contributed by atoms with E-state index in [4.69, 9.17) is 21.1 Å². The number of ether oxygens (including phenoxy) is 2. The quantitative estimate of drug-likeness (QED) is 0.221. The summed E-state index contributed by atoms with van der Waals surface area (Å²) in [6, 6.07) is 15.0. The number of carbonyl (C=O) groups excluding carboxylic acids is 1. The first kappa shape index (κ1) is 24.7. The lowest BCUT2D eigenvalue weighted by Gasteiger charge is -2.11. The number of amides is 1. The van der Waals surface area contributed by atoms with Gasteiger partial charge in [-0.05, 0) is 49.2 Å². The number of nitro benzene ring substituents is 1. The van der Waals surface area contributed by atoms with E-state index in [-0.39, 0.29) is 34.6 Å². The van der Waals surface area contributed by atoms with Gasteiger partial charge in [-0.2, -0.15) is 5.10 Å². The maximum Gasteiger partial charge on any atom is 0.276 e. The highest BCUT2D eigenvalue weighted by molar-refractivity contribution is 6.30. The second kappa shape index (κ2) is 10.4. The summed E-state index contributed by atoms with van der Waals surface area (Å²) < 4.78 is 26.0. The van der Waals surface area contributed by atoms with E-state index in [1.165, 1.54) is 53.3 Å². The van der Waals surface area contributed by atoms with Gasteiger partial charge >= 0.3 is 0 Å². The molecule has 1 aromatic heterocycles. The summed E-state index contributed by atoms with van der Waals surface area (Å²) in [5, 5.41) is 18.1. The topological polar surface area (TPSA) is 109 Å². The van der Waals surface area contributed by atoms with Gasteiger partial charge in [-0.1, -0.05) is 23.7 Å². The number of carbonyl (C=O) groups is 1. The molecule has 9 nitrogen and oxygen atoms in total. The zero-order chi connectivity index (χ0) is 25.8. The molecule has 0 aliphatic carbocycles. The van der Waals surface area contributed by atoms with Crippen LogP contribution in [0.1, 0.15) is 21.6 Å². The van der Waals surface area contributed by atoms with Gasteiger partial charge in [-0.25, -0.2) is 9.07 Å². The van der Waals surface area contributed by atoms with Crippen LogP contribution in [0.4, 0.5) is 15.8 Å². The number of rotatable bonds is 8. The summed E-state index contributed by atoms with van der Waals surface area (Å²) in [6.45, 7) is 3.71. The van der Waals surface area contributed by atoms with Gasteiger partial charge in [0.2, 0.25) is 0 Å². The highest BCUT2D eigenvalue weighted by atomic mass is 35.5. The molecule has 0 radical (unpaired) electrons. The summed E-state index contributed by atoms with van der Waals surface area (Å²) in [6.07, 6.45) is 1.52. The molecule has 0 saturated carbocycles. The fraction of sp³-hybridized carbons (Fsp3) is 0.120. The van der Waals surface area contributed by atoms with Crippen molar-refractivity contribution in [1.29, 1.82) is 0 Å². The van der Waals surface area contributed by atoms with Crippen molar-refractivity contribution in [1.82, 2.24) is 9.78 Å². The van der Waals surface area contributed by atoms with E-state index in [2.05, 4.69) is 10.4 Å². The number of hydrogen-bond donors (Lipinski definition) is 1. The summed E-state index contributed by atoms with van der Waals surface area (Å²) in [4.78, 5) is 23.6. The predicted molar refractivity (Wildman–Crippen MR) is 131 cm³/mol. The Hall–Kier alpha value is -4.44. The Morgan fingerprint density at radius 3 is 2.67 bits per heavy atom. The molecule has 11 heteroatoms. The van der Waals surface area contributed by atoms with Crippen LogP contribution in [-0.2, 0) is 6.73 Å². The van der Waals surface area contributed by atoms with E-state index < -0.39 is 16.6 Å². The van der Waals surface area contributed by atoms with Gasteiger partial charge in [-0.3, -0.25) is 14.9 Å². The Bertz CT molecular complexity index is 1460. The summed E-state index contributed by atoms with van der Waals surface area (Å²) in [7, 11) is 0. The Labute approximate surface area is 210 Å². The van der Waals surface area contributed by atoms with Crippen LogP contribution in [0.3, 0.4) is 0 Å². The maximum atomic E-state index is 13.3. The molecule has 3 aromatic carbocycles. The standard InChI is InChI=1S/C25H20ClFN4O5/c1-15-3-4-16(2)24(9-15)36-20-11-17(10-18(12-20)31(33)34)28-25(32)23-7-8-30(29-23)14-35-19-5-6-22(27)21(26)13-19/h3-13H,14H2,1-2H3,(H,28,32). The largest absolute Gasteiger partial charge is 0.471 e. The van der Waals surface area contributed by atoms with E-state index in [0.717, 1.165) is 11.1 Å². The molecule has 0 aliphatic rings. The lowest BCUT2D eigenvalue weighted by atomic mass is 10.1. The highest BCUT2D eigenvalue weighted by Crippen LogP contribution is 2.32. The Balaban J connectivity index is 1.48. The van der Waals surface area contributed by atoms with Gasteiger partial charge in [0, 0.05) is 24.4 Å². The molecule has 0 saturated heterocycles. The Morgan fingerprint density at radius 1 is 1.11 bits per heavy atom. The average Bonchev–Trinajstić information content (AvgIpc) is 3.31. The van der Waals surface area contributed by atoms with Crippen molar-refractivity contribution in [3.63, 3.8) is 0 Å². The highest BCUT2D eigenvalue weighted by Gasteiger charge is 2.16. The number of hydrogen-bond acceptors (Lipinski definition) is 6. The third-order valence-electron chi connectivity index (χ3n) is 5.06. The minimum atomic E-state index is -0.586.